The molecule has 2 aromatic rings. The van der Waals surface area contributed by atoms with Crippen LogP contribution in [0.15, 0.2) is 36.9 Å². The summed E-state index contributed by atoms with van der Waals surface area (Å²) >= 11 is 0. The molecule has 0 saturated carbocycles. The van der Waals surface area contributed by atoms with Gasteiger partial charge in [-0.15, -0.1) is 0 Å². The van der Waals surface area contributed by atoms with Crippen LogP contribution >= 0.6 is 0 Å². The number of hydrogen-bond acceptors (Lipinski definition) is 5. The van der Waals surface area contributed by atoms with Crippen LogP contribution < -0.4 is 5.32 Å². The van der Waals surface area contributed by atoms with Crippen molar-refractivity contribution in [3.8, 4) is 0 Å². The van der Waals surface area contributed by atoms with E-state index in [0.717, 1.165) is 45.4 Å². The highest BCUT2D eigenvalue weighted by Gasteiger charge is 2.18. The van der Waals surface area contributed by atoms with Gasteiger partial charge >= 0.3 is 0 Å². The number of benzene rings is 1. The predicted molar refractivity (Wildman–Crippen MR) is 99.3 cm³/mol. The van der Waals surface area contributed by atoms with Crippen molar-refractivity contribution in [1.82, 2.24) is 19.7 Å². The number of nitrogens with zero attached hydrogens (tertiary/aromatic N) is 4. The van der Waals surface area contributed by atoms with Gasteiger partial charge in [0, 0.05) is 31.4 Å². The van der Waals surface area contributed by atoms with E-state index in [4.69, 9.17) is 0 Å². The van der Waals surface area contributed by atoms with Crippen LogP contribution in [0.25, 0.3) is 0 Å². The molecule has 6 heteroatoms. The highest BCUT2D eigenvalue weighted by Crippen LogP contribution is 2.20. The normalized spacial score (nSPS) is 17.5. The number of piperidine rings is 1. The molecule has 136 valence electrons. The molecule has 0 bridgehead atoms. The van der Waals surface area contributed by atoms with Gasteiger partial charge in [0.1, 0.15) is 12.7 Å². The van der Waals surface area contributed by atoms with Gasteiger partial charge in [-0.3, -0.25) is 9.58 Å². The van der Waals surface area contributed by atoms with E-state index >= 15 is 0 Å². The molecule has 0 radical (unpaired) electrons. The number of aromatic nitrogens is 3. The number of nitrogens with one attached hydrogen (secondary N) is 1. The van der Waals surface area contributed by atoms with E-state index in [-0.39, 0.29) is 0 Å². The van der Waals surface area contributed by atoms with Crippen LogP contribution in [0.3, 0.4) is 0 Å². The largest absolute Gasteiger partial charge is 0.396 e. The molecule has 2 heterocycles. The lowest BCUT2D eigenvalue weighted by Crippen LogP contribution is -2.34. The maximum atomic E-state index is 9.26. The molecular weight excluding hydrogens is 314 g/mol. The van der Waals surface area contributed by atoms with Gasteiger partial charge in [-0.25, -0.2) is 4.98 Å². The summed E-state index contributed by atoms with van der Waals surface area (Å²) in [6, 6.07) is 9.09. The Balaban J connectivity index is 1.47. The summed E-state index contributed by atoms with van der Waals surface area (Å²) < 4.78 is 1.87. The standard InChI is InChI=1S/C19H29N5O/c1-16(5-10-24-15-20-14-21-24)22-19-4-2-3-18(11-19)12-23-8-6-17(13-25)7-9-23/h2-4,11,14-17,22,25H,5-10,12-13H2,1H3. The van der Waals surface area contributed by atoms with Gasteiger partial charge in [-0.05, 0) is 62.9 Å². The molecule has 1 aromatic carbocycles. The van der Waals surface area contributed by atoms with Crippen LogP contribution in [0.4, 0.5) is 5.69 Å². The zero-order chi connectivity index (χ0) is 17.5. The van der Waals surface area contributed by atoms with Crippen molar-refractivity contribution in [2.24, 2.45) is 5.92 Å². The van der Waals surface area contributed by atoms with Gasteiger partial charge in [-0.1, -0.05) is 12.1 Å². The summed E-state index contributed by atoms with van der Waals surface area (Å²) in [5, 5.41) is 17.0. The van der Waals surface area contributed by atoms with Crippen LogP contribution in [0.2, 0.25) is 0 Å². The molecule has 6 nitrogen and oxygen atoms in total. The summed E-state index contributed by atoms with van der Waals surface area (Å²) in [4.78, 5) is 6.46. The molecule has 2 N–H and O–H groups in total. The maximum Gasteiger partial charge on any atom is 0.137 e. The fourth-order valence-electron chi connectivity index (χ4n) is 3.38. The zero-order valence-corrected chi connectivity index (χ0v) is 15.0. The Hall–Kier alpha value is -1.92. The average Bonchev–Trinajstić information content (AvgIpc) is 3.15. The Labute approximate surface area is 149 Å². The third kappa shape index (κ3) is 5.54. The summed E-state index contributed by atoms with van der Waals surface area (Å²) in [7, 11) is 0. The minimum absolute atomic E-state index is 0.333. The molecule has 1 aromatic heterocycles. The van der Waals surface area contributed by atoms with Crippen molar-refractivity contribution in [2.75, 3.05) is 25.0 Å². The third-order valence-electron chi connectivity index (χ3n) is 4.97. The smallest absolute Gasteiger partial charge is 0.137 e. The van der Waals surface area contributed by atoms with Crippen LogP contribution in [0.1, 0.15) is 31.7 Å². The topological polar surface area (TPSA) is 66.2 Å². The van der Waals surface area contributed by atoms with Gasteiger partial charge < -0.3 is 10.4 Å². The highest BCUT2D eigenvalue weighted by atomic mass is 16.3. The van der Waals surface area contributed by atoms with Crippen molar-refractivity contribution < 1.29 is 5.11 Å². The molecule has 25 heavy (non-hydrogen) atoms. The van der Waals surface area contributed by atoms with Gasteiger partial charge in [0.2, 0.25) is 0 Å². The number of anilines is 1. The molecular formula is C19H29N5O. The first-order valence-electron chi connectivity index (χ1n) is 9.24. The first kappa shape index (κ1) is 17.9. The molecule has 1 saturated heterocycles. The molecule has 0 spiro atoms. The molecule has 1 unspecified atom stereocenters. The van der Waals surface area contributed by atoms with Crippen molar-refractivity contribution in [3.63, 3.8) is 0 Å². The number of aliphatic hydroxyl groups is 1. The lowest BCUT2D eigenvalue weighted by atomic mass is 9.97. The van der Waals surface area contributed by atoms with Crippen molar-refractivity contribution in [3.05, 3.63) is 42.5 Å². The Morgan fingerprint density at radius 1 is 1.32 bits per heavy atom. The second-order valence-electron chi connectivity index (χ2n) is 7.10. The summed E-state index contributed by atoms with van der Waals surface area (Å²) in [5.41, 5.74) is 2.52. The Morgan fingerprint density at radius 3 is 2.88 bits per heavy atom. The van der Waals surface area contributed by atoms with Crippen LogP contribution in [0.5, 0.6) is 0 Å². The second kappa shape index (κ2) is 8.97. The fourth-order valence-corrected chi connectivity index (χ4v) is 3.38. The van der Waals surface area contributed by atoms with Crippen molar-refractivity contribution in [2.45, 2.75) is 45.3 Å². The van der Waals surface area contributed by atoms with Crippen LogP contribution in [-0.2, 0) is 13.1 Å². The third-order valence-corrected chi connectivity index (χ3v) is 4.97. The molecule has 1 fully saturated rings. The Morgan fingerprint density at radius 2 is 2.16 bits per heavy atom. The number of hydrogen-bond donors (Lipinski definition) is 2. The van der Waals surface area contributed by atoms with E-state index in [1.165, 1.54) is 11.3 Å². The maximum absolute atomic E-state index is 9.26. The lowest BCUT2D eigenvalue weighted by Gasteiger charge is -2.31. The van der Waals surface area contributed by atoms with Crippen LogP contribution in [0, 0.1) is 5.92 Å². The Kier molecular flexibility index (Phi) is 6.42. The number of rotatable bonds is 8. The fraction of sp³-hybridized carbons (Fsp3) is 0.579. The SMILES string of the molecule is CC(CCn1cncn1)Nc1cccc(CN2CCC(CO)CC2)c1. The monoisotopic (exact) mass is 343 g/mol. The van der Waals surface area contributed by atoms with E-state index in [0.29, 0.717) is 18.6 Å². The average molecular weight is 343 g/mol. The summed E-state index contributed by atoms with van der Waals surface area (Å²) in [5.74, 6) is 0.495. The van der Waals surface area contributed by atoms with Crippen molar-refractivity contribution >= 4 is 5.69 Å². The van der Waals surface area contributed by atoms with Crippen molar-refractivity contribution in [1.29, 1.82) is 0 Å². The number of likely N-dealkylation sites (tertiary alicyclic amines) is 1. The van der Waals surface area contributed by atoms with E-state index in [9.17, 15) is 5.11 Å². The number of aliphatic hydroxyl groups excluding tert-OH is 1. The van der Waals surface area contributed by atoms with E-state index in [2.05, 4.69) is 51.5 Å². The van der Waals surface area contributed by atoms with Crippen LogP contribution in [-0.4, -0.2) is 50.5 Å². The molecule has 0 aliphatic carbocycles. The van der Waals surface area contributed by atoms with Gasteiger partial charge in [0.25, 0.3) is 0 Å². The van der Waals surface area contributed by atoms with E-state index in [1.54, 1.807) is 12.7 Å². The Bertz CT molecular complexity index is 623. The van der Waals surface area contributed by atoms with Gasteiger partial charge in [0.15, 0.2) is 0 Å². The minimum Gasteiger partial charge on any atom is -0.396 e. The second-order valence-corrected chi connectivity index (χ2v) is 7.10. The molecule has 1 atom stereocenters. The first-order chi connectivity index (χ1) is 12.2. The molecule has 1 aliphatic heterocycles. The highest BCUT2D eigenvalue weighted by molar-refractivity contribution is 5.46. The van der Waals surface area contributed by atoms with Gasteiger partial charge in [-0.2, -0.15) is 5.10 Å². The minimum atomic E-state index is 0.333. The number of aryl methyl sites for hydroxylation is 1. The van der Waals surface area contributed by atoms with E-state index < -0.39 is 0 Å². The summed E-state index contributed by atoms with van der Waals surface area (Å²) in [6.07, 6.45) is 6.54. The predicted octanol–water partition coefficient (Wildman–Crippen LogP) is 2.37. The molecule has 1 aliphatic rings. The lowest BCUT2D eigenvalue weighted by molar-refractivity contribution is 0.127. The summed E-state index contributed by atoms with van der Waals surface area (Å²) in [6.45, 7) is 6.55. The zero-order valence-electron chi connectivity index (χ0n) is 15.0. The first-order valence-corrected chi connectivity index (χ1v) is 9.24. The van der Waals surface area contributed by atoms with E-state index in [1.807, 2.05) is 4.68 Å². The quantitative estimate of drug-likeness (QED) is 0.770. The van der Waals surface area contributed by atoms with Gasteiger partial charge in [0.05, 0.1) is 0 Å². The molecule has 3 rings (SSSR count). The molecule has 0 amide bonds.